The zero-order valence-corrected chi connectivity index (χ0v) is 25.1. The van der Waals surface area contributed by atoms with Crippen LogP contribution in [0.1, 0.15) is 37.3 Å². The lowest BCUT2D eigenvalue weighted by Gasteiger charge is -2.40. The Morgan fingerprint density at radius 3 is 1.73 bits per heavy atom. The van der Waals surface area contributed by atoms with Gasteiger partial charge < -0.3 is 23.4 Å². The van der Waals surface area contributed by atoms with E-state index in [4.69, 9.17) is 23.4 Å². The number of carbonyl (C=O) groups is 3. The first-order chi connectivity index (χ1) is 21.4. The van der Waals surface area contributed by atoms with Crippen LogP contribution in [0.3, 0.4) is 0 Å². The van der Waals surface area contributed by atoms with Crippen LogP contribution in [0, 0.1) is 3.57 Å². The Hall–Kier alpha value is -4.75. The number of benzene rings is 4. The normalized spacial score (nSPS) is 19.7. The summed E-state index contributed by atoms with van der Waals surface area (Å²) >= 11 is 2.10. The Kier molecular flexibility index (Phi) is 8.57. The molecule has 44 heavy (non-hydrogen) atoms. The standard InChI is InChI=1S/C33H24INO9/c34-23-16-17-25-24(18-23)35(33(39)42-25)29-28(44-32(38)22-14-8-3-9-15-22)27(43-31(37)21-12-6-2-7-13-21)26(19-40-29)41-30(36)20-10-4-1-5-11-20/h1-18,26-29H,19H2/t26-,27-,28-,29-/m1/s1. The second-order valence-corrected chi connectivity index (χ2v) is 11.1. The third kappa shape index (κ3) is 6.15. The van der Waals surface area contributed by atoms with Crippen molar-refractivity contribution < 1.29 is 37.7 Å². The quantitative estimate of drug-likeness (QED) is 0.124. The summed E-state index contributed by atoms with van der Waals surface area (Å²) in [5, 5.41) is 0. The average Bonchev–Trinajstić information content (AvgIpc) is 3.38. The largest absolute Gasteiger partial charge is 0.452 e. The van der Waals surface area contributed by atoms with Gasteiger partial charge >= 0.3 is 23.7 Å². The van der Waals surface area contributed by atoms with Crippen LogP contribution in [0.2, 0.25) is 0 Å². The molecular weight excluding hydrogens is 681 g/mol. The number of halogens is 1. The van der Waals surface area contributed by atoms with Crippen LogP contribution in [0.4, 0.5) is 0 Å². The van der Waals surface area contributed by atoms with Crippen molar-refractivity contribution in [2.75, 3.05) is 6.61 Å². The lowest BCUT2D eigenvalue weighted by Crippen LogP contribution is -2.56. The Balaban J connectivity index is 1.44. The first-order valence-corrected chi connectivity index (χ1v) is 14.7. The van der Waals surface area contributed by atoms with E-state index in [2.05, 4.69) is 22.6 Å². The third-order valence-electron chi connectivity index (χ3n) is 7.00. The zero-order valence-electron chi connectivity index (χ0n) is 22.9. The van der Waals surface area contributed by atoms with Crippen molar-refractivity contribution in [1.29, 1.82) is 0 Å². The predicted octanol–water partition coefficient (Wildman–Crippen LogP) is 5.40. The van der Waals surface area contributed by atoms with E-state index in [1.807, 2.05) is 0 Å². The molecule has 1 saturated heterocycles. The third-order valence-corrected chi connectivity index (χ3v) is 7.68. The Bertz CT molecular complexity index is 1850. The van der Waals surface area contributed by atoms with Gasteiger partial charge in [0.1, 0.15) is 0 Å². The number of aromatic nitrogens is 1. The molecule has 10 nitrogen and oxygen atoms in total. The summed E-state index contributed by atoms with van der Waals surface area (Å²) in [6, 6.07) is 29.8. The van der Waals surface area contributed by atoms with Gasteiger partial charge in [-0.25, -0.2) is 23.7 Å². The molecule has 1 fully saturated rings. The summed E-state index contributed by atoms with van der Waals surface area (Å²) in [5.41, 5.74) is 1.34. The number of nitrogens with zero attached hydrogens (tertiary/aromatic N) is 1. The first kappa shape index (κ1) is 29.3. The van der Waals surface area contributed by atoms with Crippen LogP contribution in [0.15, 0.2) is 118 Å². The molecule has 0 aliphatic carbocycles. The number of esters is 3. The Labute approximate surface area is 264 Å². The molecule has 0 unspecified atom stereocenters. The molecule has 0 spiro atoms. The topological polar surface area (TPSA) is 123 Å². The molecule has 6 rings (SSSR count). The number of hydrogen-bond acceptors (Lipinski definition) is 9. The summed E-state index contributed by atoms with van der Waals surface area (Å²) in [7, 11) is 0. The fourth-order valence-electron chi connectivity index (χ4n) is 4.91. The van der Waals surface area contributed by atoms with Crippen molar-refractivity contribution in [3.8, 4) is 0 Å². The molecule has 0 N–H and O–H groups in total. The molecule has 1 aliphatic heterocycles. The highest BCUT2D eigenvalue weighted by atomic mass is 127. The van der Waals surface area contributed by atoms with Gasteiger partial charge in [0, 0.05) is 3.57 Å². The van der Waals surface area contributed by atoms with Gasteiger partial charge in [-0.05, 0) is 77.2 Å². The van der Waals surface area contributed by atoms with Gasteiger partial charge in [-0.3, -0.25) is 0 Å². The zero-order chi connectivity index (χ0) is 30.6. The van der Waals surface area contributed by atoms with Gasteiger partial charge in [-0.15, -0.1) is 0 Å². The van der Waals surface area contributed by atoms with Crippen molar-refractivity contribution >= 4 is 51.6 Å². The molecule has 4 aromatic carbocycles. The molecule has 0 saturated carbocycles. The molecule has 1 aromatic heterocycles. The molecule has 1 aliphatic rings. The van der Waals surface area contributed by atoms with E-state index < -0.39 is 48.2 Å². The van der Waals surface area contributed by atoms with Gasteiger partial charge in [0.25, 0.3) is 0 Å². The number of ether oxygens (including phenoxy) is 4. The predicted molar refractivity (Wildman–Crippen MR) is 165 cm³/mol. The number of fused-ring (bicyclic) bond motifs is 1. The van der Waals surface area contributed by atoms with E-state index >= 15 is 0 Å². The summed E-state index contributed by atoms with van der Waals surface area (Å²) in [6.07, 6.45) is -5.36. The second-order valence-electron chi connectivity index (χ2n) is 9.86. The van der Waals surface area contributed by atoms with Crippen LogP contribution in [0.5, 0.6) is 0 Å². The number of carbonyl (C=O) groups excluding carboxylic acids is 3. The SMILES string of the molecule is O=C(O[C@@H]1[C@H](OC(=O)c2ccccc2)[C@H](OC(=O)c2ccccc2)CO[C@H]1n1c(=O)oc2ccc(I)cc21)c1ccccc1. The van der Waals surface area contributed by atoms with Gasteiger partial charge in [0.2, 0.25) is 0 Å². The molecule has 222 valence electrons. The van der Waals surface area contributed by atoms with Crippen LogP contribution in [-0.4, -0.2) is 47.4 Å². The second kappa shape index (κ2) is 12.9. The highest BCUT2D eigenvalue weighted by Gasteiger charge is 2.49. The fraction of sp³-hybridized carbons (Fsp3) is 0.152. The molecule has 11 heteroatoms. The van der Waals surface area contributed by atoms with Crippen molar-refractivity contribution in [3.63, 3.8) is 0 Å². The van der Waals surface area contributed by atoms with E-state index in [-0.39, 0.29) is 28.9 Å². The Morgan fingerprint density at radius 1 is 0.682 bits per heavy atom. The van der Waals surface area contributed by atoms with Crippen molar-refractivity contribution in [1.82, 2.24) is 4.57 Å². The van der Waals surface area contributed by atoms with E-state index in [9.17, 15) is 19.2 Å². The van der Waals surface area contributed by atoms with E-state index in [1.54, 1.807) is 109 Å². The highest BCUT2D eigenvalue weighted by Crippen LogP contribution is 2.34. The minimum atomic E-state index is -1.45. The summed E-state index contributed by atoms with van der Waals surface area (Å²) < 4.78 is 31.3. The summed E-state index contributed by atoms with van der Waals surface area (Å²) in [5.74, 6) is -3.00. The van der Waals surface area contributed by atoms with Gasteiger partial charge in [-0.2, -0.15) is 0 Å². The van der Waals surface area contributed by atoms with Crippen molar-refractivity contribution in [2.24, 2.45) is 0 Å². The maximum atomic E-state index is 13.4. The monoisotopic (exact) mass is 705 g/mol. The molecule has 0 amide bonds. The minimum absolute atomic E-state index is 0.210. The van der Waals surface area contributed by atoms with E-state index in [1.165, 1.54) is 4.57 Å². The number of rotatable bonds is 7. The molecule has 4 atom stereocenters. The molecule has 5 aromatic rings. The first-order valence-electron chi connectivity index (χ1n) is 13.6. The van der Waals surface area contributed by atoms with Crippen LogP contribution >= 0.6 is 22.6 Å². The van der Waals surface area contributed by atoms with Gasteiger partial charge in [-0.1, -0.05) is 54.6 Å². The number of oxazole rings is 1. The fourth-order valence-corrected chi connectivity index (χ4v) is 5.38. The lowest BCUT2D eigenvalue weighted by molar-refractivity contribution is -0.212. The average molecular weight is 705 g/mol. The smallest absolute Gasteiger partial charge is 0.422 e. The van der Waals surface area contributed by atoms with Gasteiger partial charge in [0.05, 0.1) is 28.8 Å². The van der Waals surface area contributed by atoms with Crippen LogP contribution < -0.4 is 5.76 Å². The summed E-state index contributed by atoms with van der Waals surface area (Å²) in [6.45, 7) is -0.293. The van der Waals surface area contributed by atoms with Gasteiger partial charge in [0.15, 0.2) is 30.1 Å². The highest BCUT2D eigenvalue weighted by molar-refractivity contribution is 14.1. The van der Waals surface area contributed by atoms with Crippen LogP contribution in [-0.2, 0) is 18.9 Å². The maximum absolute atomic E-state index is 13.4. The molecule has 0 radical (unpaired) electrons. The minimum Gasteiger partial charge on any atom is -0.452 e. The van der Waals surface area contributed by atoms with E-state index in [0.717, 1.165) is 3.57 Å². The van der Waals surface area contributed by atoms with Crippen LogP contribution in [0.25, 0.3) is 11.1 Å². The number of hydrogen-bond donors (Lipinski definition) is 0. The molecule has 2 heterocycles. The Morgan fingerprint density at radius 2 is 1.18 bits per heavy atom. The van der Waals surface area contributed by atoms with Crippen molar-refractivity contribution in [3.05, 3.63) is 140 Å². The summed E-state index contributed by atoms with van der Waals surface area (Å²) in [4.78, 5) is 53.2. The maximum Gasteiger partial charge on any atom is 0.422 e. The lowest BCUT2D eigenvalue weighted by atomic mass is 10.0. The molecular formula is C33H24INO9. The molecule has 0 bridgehead atoms. The van der Waals surface area contributed by atoms with E-state index in [0.29, 0.717) is 5.52 Å². The van der Waals surface area contributed by atoms with Crippen molar-refractivity contribution in [2.45, 2.75) is 24.5 Å².